The van der Waals surface area contributed by atoms with E-state index in [0.29, 0.717) is 17.7 Å². The van der Waals surface area contributed by atoms with Gasteiger partial charge in [0.1, 0.15) is 5.75 Å². The molecule has 1 aliphatic heterocycles. The van der Waals surface area contributed by atoms with Gasteiger partial charge < -0.3 is 4.74 Å². The van der Waals surface area contributed by atoms with Gasteiger partial charge >= 0.3 is 0 Å². The van der Waals surface area contributed by atoms with Crippen molar-refractivity contribution in [2.24, 2.45) is 5.10 Å². The van der Waals surface area contributed by atoms with E-state index in [2.05, 4.69) is 10.5 Å². The molecule has 132 valence electrons. The molecule has 7 nitrogen and oxygen atoms in total. The molecule has 7 heteroatoms. The molecule has 1 aliphatic rings. The minimum Gasteiger partial charge on any atom is -0.493 e. The van der Waals surface area contributed by atoms with E-state index in [0.717, 1.165) is 23.8 Å². The number of nitrogens with zero attached hydrogens (tertiary/aromatic N) is 1. The summed E-state index contributed by atoms with van der Waals surface area (Å²) in [6, 6.07) is 12.5. The van der Waals surface area contributed by atoms with Gasteiger partial charge in [0.15, 0.2) is 0 Å². The van der Waals surface area contributed by atoms with Crippen LogP contribution in [-0.2, 0) is 11.2 Å². The van der Waals surface area contributed by atoms with Gasteiger partial charge in [0.05, 0.1) is 12.8 Å². The highest BCUT2D eigenvalue weighted by molar-refractivity contribution is 5.96. The Morgan fingerprint density at radius 3 is 2.88 bits per heavy atom. The third-order valence-corrected chi connectivity index (χ3v) is 3.79. The van der Waals surface area contributed by atoms with Crippen LogP contribution in [-0.4, -0.2) is 29.8 Å². The van der Waals surface area contributed by atoms with Gasteiger partial charge in [-0.05, 0) is 41.0 Å². The Morgan fingerprint density at radius 2 is 2.04 bits per heavy atom. The minimum absolute atomic E-state index is 0.375. The molecule has 0 radical (unpaired) electrons. The summed E-state index contributed by atoms with van der Waals surface area (Å²) in [6.45, 7) is 0.692. The fraction of sp³-hybridized carbons (Fsp3) is 0.105. The fourth-order valence-electron chi connectivity index (χ4n) is 2.49. The van der Waals surface area contributed by atoms with Crippen LogP contribution < -0.4 is 15.6 Å². The number of ether oxygens (including phenoxy) is 1. The van der Waals surface area contributed by atoms with Gasteiger partial charge in [0.2, 0.25) is 0 Å². The van der Waals surface area contributed by atoms with Crippen LogP contribution in [0.2, 0.25) is 0 Å². The monoisotopic (exact) mass is 351 g/mol. The number of amides is 2. The maximum atomic E-state index is 12.2. The highest BCUT2D eigenvalue weighted by Crippen LogP contribution is 2.25. The first-order valence-corrected chi connectivity index (χ1v) is 7.97. The van der Waals surface area contributed by atoms with Crippen molar-refractivity contribution in [2.45, 2.75) is 6.42 Å². The molecule has 2 amide bonds. The third kappa shape index (κ3) is 4.34. The second-order valence-electron chi connectivity index (χ2n) is 5.60. The van der Waals surface area contributed by atoms with Crippen LogP contribution in [0.25, 0.3) is 6.08 Å². The number of rotatable bonds is 5. The van der Waals surface area contributed by atoms with Crippen LogP contribution in [0, 0.1) is 0 Å². The summed E-state index contributed by atoms with van der Waals surface area (Å²) in [5, 5.41) is 12.4. The van der Waals surface area contributed by atoms with Crippen molar-refractivity contribution >= 4 is 24.1 Å². The summed E-state index contributed by atoms with van der Waals surface area (Å²) in [4.78, 5) is 23.2. The first kappa shape index (κ1) is 17.4. The average Bonchev–Trinajstić information content (AvgIpc) is 3.14. The van der Waals surface area contributed by atoms with Gasteiger partial charge in [-0.25, -0.2) is 10.9 Å². The van der Waals surface area contributed by atoms with Crippen molar-refractivity contribution in [1.29, 1.82) is 0 Å². The number of carbonyl (C=O) groups excluding carboxylic acids is 2. The number of hydrogen-bond donors (Lipinski definition) is 3. The quantitative estimate of drug-likeness (QED) is 0.331. The Balaban J connectivity index is 1.63. The molecule has 2 aromatic rings. The minimum atomic E-state index is -0.650. The highest BCUT2D eigenvalue weighted by Gasteiger charge is 2.11. The molecule has 0 saturated heterocycles. The first-order chi connectivity index (χ1) is 12.7. The SMILES string of the molecule is O=C(C=Cc1cccc(C(=O)NN=Cc2ccc3c(c2)OCC3)c1)NO. The smallest absolute Gasteiger partial charge is 0.271 e. The number of carbonyl (C=O) groups is 2. The predicted octanol–water partition coefficient (Wildman–Crippen LogP) is 1.90. The Hall–Kier alpha value is -3.45. The lowest BCUT2D eigenvalue weighted by atomic mass is 10.1. The maximum absolute atomic E-state index is 12.2. The molecule has 0 aliphatic carbocycles. The standard InChI is InChI=1S/C19H17N3O4/c23-18(22-25)7-5-13-2-1-3-16(10-13)19(24)21-20-12-14-4-6-15-8-9-26-17(15)11-14/h1-7,10-12,25H,8-9H2,(H,21,24)(H,22,23). The van der Waals surface area contributed by atoms with Crippen LogP contribution in [0.5, 0.6) is 5.75 Å². The van der Waals surface area contributed by atoms with Crippen LogP contribution in [0.4, 0.5) is 0 Å². The number of hydrogen-bond acceptors (Lipinski definition) is 5. The number of fused-ring (bicyclic) bond motifs is 1. The Labute approximate surface area is 149 Å². The maximum Gasteiger partial charge on any atom is 0.271 e. The van der Waals surface area contributed by atoms with E-state index in [1.807, 2.05) is 18.2 Å². The average molecular weight is 351 g/mol. The zero-order valence-electron chi connectivity index (χ0n) is 13.8. The number of hydrazone groups is 1. The van der Waals surface area contributed by atoms with Crippen molar-refractivity contribution in [1.82, 2.24) is 10.9 Å². The molecule has 3 N–H and O–H groups in total. The van der Waals surface area contributed by atoms with Gasteiger partial charge in [0, 0.05) is 18.1 Å². The second kappa shape index (κ2) is 8.09. The zero-order chi connectivity index (χ0) is 18.4. The molecule has 0 fully saturated rings. The molecule has 3 rings (SSSR count). The van der Waals surface area contributed by atoms with E-state index in [4.69, 9.17) is 9.94 Å². The van der Waals surface area contributed by atoms with E-state index >= 15 is 0 Å². The Morgan fingerprint density at radius 1 is 1.15 bits per heavy atom. The van der Waals surface area contributed by atoms with Crippen molar-refractivity contribution in [2.75, 3.05) is 6.61 Å². The molecule has 26 heavy (non-hydrogen) atoms. The first-order valence-electron chi connectivity index (χ1n) is 7.97. The van der Waals surface area contributed by atoms with Crippen LogP contribution in [0.3, 0.4) is 0 Å². The molecule has 0 saturated carbocycles. The Kier molecular flexibility index (Phi) is 5.40. The summed E-state index contributed by atoms with van der Waals surface area (Å²) in [7, 11) is 0. The van der Waals surface area contributed by atoms with Crippen LogP contribution in [0.1, 0.15) is 27.0 Å². The highest BCUT2D eigenvalue weighted by atomic mass is 16.5. The van der Waals surface area contributed by atoms with Crippen molar-refractivity contribution < 1.29 is 19.5 Å². The molecule has 0 bridgehead atoms. The van der Waals surface area contributed by atoms with Crippen LogP contribution in [0.15, 0.2) is 53.6 Å². The molecule has 2 aromatic carbocycles. The lowest BCUT2D eigenvalue weighted by Crippen LogP contribution is -2.17. The van der Waals surface area contributed by atoms with Gasteiger partial charge in [0.25, 0.3) is 11.8 Å². The van der Waals surface area contributed by atoms with E-state index in [1.54, 1.807) is 30.5 Å². The predicted molar refractivity (Wildman–Crippen MR) is 96.1 cm³/mol. The van der Waals surface area contributed by atoms with E-state index in [1.165, 1.54) is 17.1 Å². The van der Waals surface area contributed by atoms with E-state index in [-0.39, 0.29) is 5.91 Å². The van der Waals surface area contributed by atoms with E-state index < -0.39 is 5.91 Å². The zero-order valence-corrected chi connectivity index (χ0v) is 13.8. The number of nitrogens with one attached hydrogen (secondary N) is 2. The second-order valence-corrected chi connectivity index (χ2v) is 5.60. The molecule has 0 aromatic heterocycles. The molecular weight excluding hydrogens is 334 g/mol. The largest absolute Gasteiger partial charge is 0.493 e. The topological polar surface area (TPSA) is 100 Å². The molecule has 1 heterocycles. The summed E-state index contributed by atoms with van der Waals surface area (Å²) in [5.74, 6) is -0.171. The van der Waals surface area contributed by atoms with Gasteiger partial charge in [-0.1, -0.05) is 24.3 Å². The van der Waals surface area contributed by atoms with Gasteiger partial charge in [-0.15, -0.1) is 0 Å². The number of hydroxylamine groups is 1. The third-order valence-electron chi connectivity index (χ3n) is 3.79. The van der Waals surface area contributed by atoms with Crippen molar-refractivity contribution in [3.8, 4) is 5.75 Å². The summed E-state index contributed by atoms with van der Waals surface area (Å²) < 4.78 is 5.50. The normalized spacial score (nSPS) is 12.8. The Bertz CT molecular complexity index is 890. The van der Waals surface area contributed by atoms with Gasteiger partial charge in [-0.2, -0.15) is 5.10 Å². The summed E-state index contributed by atoms with van der Waals surface area (Å²) in [5.41, 5.74) is 7.00. The number of benzene rings is 2. The lowest BCUT2D eigenvalue weighted by molar-refractivity contribution is -0.124. The summed E-state index contributed by atoms with van der Waals surface area (Å²) >= 11 is 0. The molecule has 0 atom stereocenters. The molecule has 0 unspecified atom stereocenters. The molecular formula is C19H17N3O4. The van der Waals surface area contributed by atoms with Crippen LogP contribution >= 0.6 is 0 Å². The fourth-order valence-corrected chi connectivity index (χ4v) is 2.49. The van der Waals surface area contributed by atoms with E-state index in [9.17, 15) is 9.59 Å². The van der Waals surface area contributed by atoms with Gasteiger partial charge in [-0.3, -0.25) is 14.8 Å². The van der Waals surface area contributed by atoms with Crippen molar-refractivity contribution in [3.63, 3.8) is 0 Å². The molecule has 0 spiro atoms. The lowest BCUT2D eigenvalue weighted by Gasteiger charge is -2.02. The van der Waals surface area contributed by atoms with Crippen molar-refractivity contribution in [3.05, 3.63) is 70.8 Å². The summed E-state index contributed by atoms with van der Waals surface area (Å²) in [6.07, 6.45) is 5.10.